The molecule has 0 N–H and O–H groups in total. The zero-order valence-electron chi connectivity index (χ0n) is 10.4. The summed E-state index contributed by atoms with van der Waals surface area (Å²) in [7, 11) is 0. The van der Waals surface area contributed by atoms with E-state index in [1.165, 1.54) is 25.0 Å². The second-order valence-electron chi connectivity index (χ2n) is 4.80. The van der Waals surface area contributed by atoms with Crippen LogP contribution in [0.15, 0.2) is 22.2 Å². The van der Waals surface area contributed by atoms with Crippen LogP contribution in [0.1, 0.15) is 44.2 Å². The molecule has 1 unspecified atom stereocenters. The van der Waals surface area contributed by atoms with Crippen molar-refractivity contribution in [3.05, 3.63) is 29.2 Å². The molecule has 0 amide bonds. The third-order valence-electron chi connectivity index (χ3n) is 3.09. The zero-order valence-corrected chi connectivity index (χ0v) is 10.4. The molecule has 1 aromatic heterocycles. The van der Waals surface area contributed by atoms with Crippen LogP contribution < -0.4 is 0 Å². The van der Waals surface area contributed by atoms with Crippen LogP contribution in [0.25, 0.3) is 0 Å². The van der Waals surface area contributed by atoms with Gasteiger partial charge in [0.25, 0.3) is 0 Å². The molecule has 88 valence electrons. The van der Waals surface area contributed by atoms with E-state index in [1.54, 1.807) is 0 Å². The third kappa shape index (κ3) is 2.53. The first-order valence-electron chi connectivity index (χ1n) is 5.97. The maximum atomic E-state index is 5.16. The average molecular weight is 220 g/mol. The first kappa shape index (κ1) is 11.4. The molecule has 0 saturated carbocycles. The SMILES string of the molecule is CC(C)=CCN1CCCC1c1cc(C)on1. The van der Waals surface area contributed by atoms with Crippen molar-refractivity contribution in [1.82, 2.24) is 10.1 Å². The standard InChI is InChI=1S/C13H20N2O/c1-10(2)6-8-15-7-4-5-13(15)12-9-11(3)16-14-12/h6,9,13H,4-5,7-8H2,1-3H3. The minimum Gasteiger partial charge on any atom is -0.361 e. The van der Waals surface area contributed by atoms with E-state index < -0.39 is 0 Å². The zero-order chi connectivity index (χ0) is 11.5. The highest BCUT2D eigenvalue weighted by atomic mass is 16.5. The third-order valence-corrected chi connectivity index (χ3v) is 3.09. The first-order valence-corrected chi connectivity index (χ1v) is 5.97. The van der Waals surface area contributed by atoms with Crippen molar-refractivity contribution in [1.29, 1.82) is 0 Å². The van der Waals surface area contributed by atoms with E-state index in [-0.39, 0.29) is 0 Å². The minimum absolute atomic E-state index is 0.452. The lowest BCUT2D eigenvalue weighted by Crippen LogP contribution is -2.23. The van der Waals surface area contributed by atoms with Crippen molar-refractivity contribution in [3.8, 4) is 0 Å². The number of likely N-dealkylation sites (tertiary alicyclic amines) is 1. The van der Waals surface area contributed by atoms with Crippen molar-refractivity contribution >= 4 is 0 Å². The number of aryl methyl sites for hydroxylation is 1. The van der Waals surface area contributed by atoms with Crippen molar-refractivity contribution in [2.24, 2.45) is 0 Å². The summed E-state index contributed by atoms with van der Waals surface area (Å²) < 4.78 is 5.16. The fourth-order valence-corrected chi connectivity index (χ4v) is 2.22. The molecule has 0 aromatic carbocycles. The average Bonchev–Trinajstić information content (AvgIpc) is 2.82. The molecule has 1 aliphatic heterocycles. The number of rotatable bonds is 3. The van der Waals surface area contributed by atoms with Gasteiger partial charge in [0.1, 0.15) is 11.5 Å². The predicted molar refractivity (Wildman–Crippen MR) is 64.2 cm³/mol. The Labute approximate surface area is 97.1 Å². The minimum atomic E-state index is 0.452. The van der Waals surface area contributed by atoms with Crippen LogP contribution >= 0.6 is 0 Å². The van der Waals surface area contributed by atoms with Crippen LogP contribution in [0, 0.1) is 6.92 Å². The van der Waals surface area contributed by atoms with Gasteiger partial charge in [0, 0.05) is 12.6 Å². The van der Waals surface area contributed by atoms with Gasteiger partial charge < -0.3 is 4.52 Å². The molecule has 1 aliphatic rings. The van der Waals surface area contributed by atoms with Gasteiger partial charge in [-0.1, -0.05) is 16.8 Å². The second-order valence-corrected chi connectivity index (χ2v) is 4.80. The number of allylic oxidation sites excluding steroid dienone is 1. The monoisotopic (exact) mass is 220 g/mol. The van der Waals surface area contributed by atoms with Crippen LogP contribution in [0.5, 0.6) is 0 Å². The Balaban J connectivity index is 2.06. The van der Waals surface area contributed by atoms with E-state index in [0.717, 1.165) is 18.0 Å². The molecule has 0 bridgehead atoms. The first-order chi connectivity index (χ1) is 7.66. The fourth-order valence-electron chi connectivity index (χ4n) is 2.22. The summed E-state index contributed by atoms with van der Waals surface area (Å²) >= 11 is 0. The van der Waals surface area contributed by atoms with Gasteiger partial charge in [-0.25, -0.2) is 0 Å². The Morgan fingerprint density at radius 1 is 1.62 bits per heavy atom. The van der Waals surface area contributed by atoms with E-state index in [4.69, 9.17) is 4.52 Å². The van der Waals surface area contributed by atoms with E-state index in [9.17, 15) is 0 Å². The van der Waals surface area contributed by atoms with Gasteiger partial charge in [-0.15, -0.1) is 0 Å². The van der Waals surface area contributed by atoms with Gasteiger partial charge in [0.15, 0.2) is 0 Å². The van der Waals surface area contributed by atoms with Crippen LogP contribution in [-0.4, -0.2) is 23.1 Å². The molecular weight excluding hydrogens is 200 g/mol. The van der Waals surface area contributed by atoms with Crippen molar-refractivity contribution in [3.63, 3.8) is 0 Å². The Bertz CT molecular complexity index is 377. The molecule has 1 atom stereocenters. The summed E-state index contributed by atoms with van der Waals surface area (Å²) in [5.41, 5.74) is 2.47. The second kappa shape index (κ2) is 4.83. The largest absolute Gasteiger partial charge is 0.361 e. The lowest BCUT2D eigenvalue weighted by Gasteiger charge is -2.20. The van der Waals surface area contributed by atoms with Gasteiger partial charge in [0.2, 0.25) is 0 Å². The molecule has 3 nitrogen and oxygen atoms in total. The smallest absolute Gasteiger partial charge is 0.133 e. The van der Waals surface area contributed by atoms with E-state index >= 15 is 0 Å². The Morgan fingerprint density at radius 2 is 2.44 bits per heavy atom. The molecule has 16 heavy (non-hydrogen) atoms. The summed E-state index contributed by atoms with van der Waals surface area (Å²) in [6.07, 6.45) is 4.74. The highest BCUT2D eigenvalue weighted by Gasteiger charge is 2.27. The van der Waals surface area contributed by atoms with Gasteiger partial charge in [-0.3, -0.25) is 4.90 Å². The van der Waals surface area contributed by atoms with Crippen LogP contribution in [0.4, 0.5) is 0 Å². The van der Waals surface area contributed by atoms with Gasteiger partial charge >= 0.3 is 0 Å². The highest BCUT2D eigenvalue weighted by molar-refractivity contribution is 5.11. The fraction of sp³-hybridized carbons (Fsp3) is 0.615. The van der Waals surface area contributed by atoms with E-state index in [1.807, 2.05) is 6.92 Å². The summed E-state index contributed by atoms with van der Waals surface area (Å²) in [4.78, 5) is 2.48. The van der Waals surface area contributed by atoms with Crippen LogP contribution in [0.3, 0.4) is 0 Å². The Kier molecular flexibility index (Phi) is 3.44. The van der Waals surface area contributed by atoms with Crippen molar-refractivity contribution in [2.75, 3.05) is 13.1 Å². The molecule has 3 heteroatoms. The molecule has 2 rings (SSSR count). The summed E-state index contributed by atoms with van der Waals surface area (Å²) in [6, 6.07) is 2.51. The molecule has 2 heterocycles. The normalized spacial score (nSPS) is 21.3. The van der Waals surface area contributed by atoms with Crippen molar-refractivity contribution < 1.29 is 4.52 Å². The Hall–Kier alpha value is -1.09. The van der Waals surface area contributed by atoms with Gasteiger partial charge in [-0.05, 0) is 40.2 Å². The predicted octanol–water partition coefficient (Wildman–Crippen LogP) is 3.09. The Morgan fingerprint density at radius 3 is 3.06 bits per heavy atom. The maximum absolute atomic E-state index is 5.16. The summed E-state index contributed by atoms with van der Waals surface area (Å²) in [5, 5.41) is 4.14. The van der Waals surface area contributed by atoms with Crippen LogP contribution in [-0.2, 0) is 0 Å². The quantitative estimate of drug-likeness (QED) is 0.733. The molecule has 1 aromatic rings. The van der Waals surface area contributed by atoms with Crippen molar-refractivity contribution in [2.45, 2.75) is 39.7 Å². The maximum Gasteiger partial charge on any atom is 0.133 e. The number of hydrogen-bond acceptors (Lipinski definition) is 3. The molecule has 0 spiro atoms. The molecule has 0 aliphatic carbocycles. The highest BCUT2D eigenvalue weighted by Crippen LogP contribution is 2.31. The lowest BCUT2D eigenvalue weighted by atomic mass is 10.1. The van der Waals surface area contributed by atoms with E-state index in [2.05, 4.69) is 36.0 Å². The molecule has 0 radical (unpaired) electrons. The summed E-state index contributed by atoms with van der Waals surface area (Å²) in [6.45, 7) is 8.43. The number of nitrogens with zero attached hydrogens (tertiary/aromatic N) is 2. The molecular formula is C13H20N2O. The number of aromatic nitrogens is 1. The van der Waals surface area contributed by atoms with Crippen LogP contribution in [0.2, 0.25) is 0 Å². The van der Waals surface area contributed by atoms with Gasteiger partial charge in [0.05, 0.1) is 6.04 Å². The lowest BCUT2D eigenvalue weighted by molar-refractivity contribution is 0.269. The number of hydrogen-bond donors (Lipinski definition) is 0. The van der Waals surface area contributed by atoms with Gasteiger partial charge in [-0.2, -0.15) is 0 Å². The molecule has 1 fully saturated rings. The topological polar surface area (TPSA) is 29.3 Å². The summed E-state index contributed by atoms with van der Waals surface area (Å²) in [5.74, 6) is 0.907. The molecule has 1 saturated heterocycles. The van der Waals surface area contributed by atoms with E-state index in [0.29, 0.717) is 6.04 Å².